The number of imidazole rings is 1. The minimum Gasteiger partial charge on any atom is -0.494 e. The maximum atomic E-state index is 12.6. The molecule has 0 radical (unpaired) electrons. The van der Waals surface area contributed by atoms with Crippen LogP contribution >= 0.6 is 0 Å². The number of alkyl halides is 3. The van der Waals surface area contributed by atoms with Crippen molar-refractivity contribution in [3.63, 3.8) is 0 Å². The van der Waals surface area contributed by atoms with Crippen molar-refractivity contribution in [2.24, 2.45) is 0 Å². The van der Waals surface area contributed by atoms with E-state index in [9.17, 15) is 18.0 Å². The number of pyridine rings is 1. The van der Waals surface area contributed by atoms with Gasteiger partial charge >= 0.3 is 6.36 Å². The molecule has 0 bridgehead atoms. The third-order valence-electron chi connectivity index (χ3n) is 6.09. The topological polar surface area (TPSA) is 81.5 Å². The van der Waals surface area contributed by atoms with Gasteiger partial charge in [-0.2, -0.15) is 0 Å². The zero-order chi connectivity index (χ0) is 28.5. The molecule has 40 heavy (non-hydrogen) atoms. The molecule has 0 atom stereocenters. The largest absolute Gasteiger partial charge is 0.573 e. The van der Waals surface area contributed by atoms with Crippen molar-refractivity contribution >= 4 is 17.1 Å². The smallest absolute Gasteiger partial charge is 0.494 e. The number of nitrogens with zero attached hydrogens (tertiary/aromatic N) is 4. The molecule has 0 fully saturated rings. The molecule has 0 saturated heterocycles. The van der Waals surface area contributed by atoms with Crippen molar-refractivity contribution in [2.45, 2.75) is 38.7 Å². The molecule has 0 aliphatic rings. The van der Waals surface area contributed by atoms with Crippen LogP contribution in [0.4, 0.5) is 13.2 Å². The number of carbonyl (C=O) groups excluding carboxylic acids is 1. The highest BCUT2D eigenvalue weighted by Gasteiger charge is 2.31. The summed E-state index contributed by atoms with van der Waals surface area (Å²) >= 11 is 0. The van der Waals surface area contributed by atoms with Crippen molar-refractivity contribution in [1.82, 2.24) is 24.8 Å². The molecule has 0 aliphatic carbocycles. The Morgan fingerprint density at radius 1 is 1.00 bits per heavy atom. The van der Waals surface area contributed by atoms with Crippen molar-refractivity contribution in [1.29, 1.82) is 0 Å². The van der Waals surface area contributed by atoms with Gasteiger partial charge in [0.05, 0.1) is 13.2 Å². The highest BCUT2D eigenvalue weighted by molar-refractivity contribution is 5.76. The lowest BCUT2D eigenvalue weighted by Crippen LogP contribution is -2.23. The lowest BCUT2D eigenvalue weighted by molar-refractivity contribution is -0.274. The first-order valence-corrected chi connectivity index (χ1v) is 12.9. The fraction of sp³-hybridized carbons (Fsp3) is 0.345. The van der Waals surface area contributed by atoms with E-state index in [1.54, 1.807) is 24.4 Å². The summed E-state index contributed by atoms with van der Waals surface area (Å²) in [6, 6.07) is 16.9. The Labute approximate surface area is 230 Å². The van der Waals surface area contributed by atoms with Crippen molar-refractivity contribution in [3.05, 3.63) is 83.8 Å². The maximum absolute atomic E-state index is 12.6. The van der Waals surface area contributed by atoms with E-state index in [4.69, 9.17) is 4.74 Å². The second-order valence-electron chi connectivity index (χ2n) is 9.58. The molecule has 4 rings (SSSR count). The monoisotopic (exact) mass is 555 g/mol. The van der Waals surface area contributed by atoms with Gasteiger partial charge in [-0.05, 0) is 68.0 Å². The second-order valence-corrected chi connectivity index (χ2v) is 9.58. The number of halogens is 3. The number of amides is 1. The molecular weight excluding hydrogens is 523 g/mol. The number of aryl methyl sites for hydroxylation is 1. The predicted octanol–water partition coefficient (Wildman–Crippen LogP) is 4.96. The SMILES string of the molecule is CN(C)CCCOc1ccc(CNC(=O)CCc2nc3cccnc3n2Cc2ccc(OC(F)(F)F)cc2)cc1. The number of hydrogen-bond acceptors (Lipinski definition) is 6. The predicted molar refractivity (Wildman–Crippen MR) is 145 cm³/mol. The van der Waals surface area contributed by atoms with Crippen LogP contribution in [0.1, 0.15) is 29.8 Å². The van der Waals surface area contributed by atoms with Crippen LogP contribution in [0.15, 0.2) is 66.9 Å². The fourth-order valence-corrected chi connectivity index (χ4v) is 4.13. The summed E-state index contributed by atoms with van der Waals surface area (Å²) < 4.78 is 49.0. The molecule has 2 heterocycles. The standard InChI is InChI=1S/C29H32F3N5O3/c1-36(2)17-4-18-39-23-10-6-21(7-11-23)19-34-27(38)15-14-26-35-25-5-3-16-33-28(25)37(26)20-22-8-12-24(13-9-22)40-29(30,31)32/h3,5-13,16H,4,14-15,17-20H2,1-2H3,(H,34,38). The maximum Gasteiger partial charge on any atom is 0.573 e. The van der Waals surface area contributed by atoms with Gasteiger partial charge in [-0.25, -0.2) is 9.97 Å². The van der Waals surface area contributed by atoms with Gasteiger partial charge in [0.15, 0.2) is 5.65 Å². The summed E-state index contributed by atoms with van der Waals surface area (Å²) in [6.45, 7) is 2.33. The average molecular weight is 556 g/mol. The molecule has 4 aromatic rings. The number of fused-ring (bicyclic) bond motifs is 1. The zero-order valence-corrected chi connectivity index (χ0v) is 22.4. The molecule has 0 unspecified atom stereocenters. The van der Waals surface area contributed by atoms with Crippen molar-refractivity contribution < 1.29 is 27.4 Å². The minimum atomic E-state index is -4.75. The summed E-state index contributed by atoms with van der Waals surface area (Å²) in [6.07, 6.45) is -1.57. The number of benzene rings is 2. The van der Waals surface area contributed by atoms with Gasteiger partial charge < -0.3 is 24.3 Å². The summed E-state index contributed by atoms with van der Waals surface area (Å²) in [5.74, 6) is 1.05. The van der Waals surface area contributed by atoms with Crippen molar-refractivity contribution in [2.75, 3.05) is 27.2 Å². The van der Waals surface area contributed by atoms with Gasteiger partial charge in [0, 0.05) is 32.1 Å². The van der Waals surface area contributed by atoms with E-state index in [0.717, 1.165) is 29.8 Å². The number of nitrogens with one attached hydrogen (secondary N) is 1. The van der Waals surface area contributed by atoms with Crippen LogP contribution in [0, 0.1) is 0 Å². The molecule has 1 N–H and O–H groups in total. The first kappa shape index (κ1) is 28.9. The first-order chi connectivity index (χ1) is 19.2. The van der Waals surface area contributed by atoms with E-state index < -0.39 is 6.36 Å². The molecule has 2 aromatic carbocycles. The number of rotatable bonds is 13. The molecule has 2 aromatic heterocycles. The van der Waals surface area contributed by atoms with Crippen LogP contribution in [0.5, 0.6) is 11.5 Å². The van der Waals surface area contributed by atoms with Crippen LogP contribution < -0.4 is 14.8 Å². The third kappa shape index (κ3) is 8.70. The Bertz CT molecular complexity index is 1390. The minimum absolute atomic E-state index is 0.121. The molecule has 11 heteroatoms. The van der Waals surface area contributed by atoms with E-state index >= 15 is 0 Å². The van der Waals surface area contributed by atoms with E-state index in [1.807, 2.05) is 49.0 Å². The first-order valence-electron chi connectivity index (χ1n) is 12.9. The van der Waals surface area contributed by atoms with Crippen LogP contribution in [0.2, 0.25) is 0 Å². The Balaban J connectivity index is 1.32. The van der Waals surface area contributed by atoms with Crippen LogP contribution in [-0.4, -0.2) is 59.0 Å². The molecule has 8 nitrogen and oxygen atoms in total. The number of hydrogen-bond donors (Lipinski definition) is 1. The molecular formula is C29H32F3N5O3. The van der Waals surface area contributed by atoms with Crippen LogP contribution in [-0.2, 0) is 24.3 Å². The van der Waals surface area contributed by atoms with Crippen molar-refractivity contribution in [3.8, 4) is 11.5 Å². The quantitative estimate of drug-likeness (QED) is 0.235. The van der Waals surface area contributed by atoms with E-state index in [-0.39, 0.29) is 18.1 Å². The van der Waals surface area contributed by atoms with Gasteiger partial charge in [0.1, 0.15) is 22.8 Å². The van der Waals surface area contributed by atoms with Gasteiger partial charge in [-0.15, -0.1) is 13.2 Å². The highest BCUT2D eigenvalue weighted by atomic mass is 19.4. The lowest BCUT2D eigenvalue weighted by Gasteiger charge is -2.12. The summed E-state index contributed by atoms with van der Waals surface area (Å²) in [7, 11) is 4.05. The molecule has 0 saturated carbocycles. The lowest BCUT2D eigenvalue weighted by atomic mass is 10.2. The summed E-state index contributed by atoms with van der Waals surface area (Å²) in [5, 5.41) is 2.94. The Morgan fingerprint density at radius 2 is 1.70 bits per heavy atom. The Morgan fingerprint density at radius 3 is 2.40 bits per heavy atom. The second kappa shape index (κ2) is 13.3. The van der Waals surface area contributed by atoms with E-state index in [2.05, 4.69) is 24.9 Å². The van der Waals surface area contributed by atoms with Gasteiger partial charge in [0.25, 0.3) is 0 Å². The highest BCUT2D eigenvalue weighted by Crippen LogP contribution is 2.24. The third-order valence-corrected chi connectivity index (χ3v) is 6.09. The number of ether oxygens (including phenoxy) is 2. The van der Waals surface area contributed by atoms with Gasteiger partial charge in [-0.3, -0.25) is 4.79 Å². The number of carbonyl (C=O) groups is 1. The molecule has 1 amide bonds. The molecule has 0 spiro atoms. The average Bonchev–Trinajstić information content (AvgIpc) is 3.26. The Kier molecular flexibility index (Phi) is 9.60. The van der Waals surface area contributed by atoms with Gasteiger partial charge in [0.2, 0.25) is 5.91 Å². The zero-order valence-electron chi connectivity index (χ0n) is 22.4. The summed E-state index contributed by atoms with van der Waals surface area (Å²) in [5.41, 5.74) is 3.02. The van der Waals surface area contributed by atoms with E-state index in [0.29, 0.717) is 43.1 Å². The van der Waals surface area contributed by atoms with Crippen LogP contribution in [0.3, 0.4) is 0 Å². The van der Waals surface area contributed by atoms with E-state index in [1.165, 1.54) is 12.1 Å². The van der Waals surface area contributed by atoms with Gasteiger partial charge in [-0.1, -0.05) is 24.3 Å². The number of aromatic nitrogens is 3. The summed E-state index contributed by atoms with van der Waals surface area (Å²) in [4.78, 5) is 23.8. The normalized spacial score (nSPS) is 11.7. The van der Waals surface area contributed by atoms with Crippen LogP contribution in [0.25, 0.3) is 11.2 Å². The molecule has 212 valence electrons. The molecule has 0 aliphatic heterocycles. The Hall–Kier alpha value is -4.12. The fourth-order valence-electron chi connectivity index (χ4n) is 4.13.